The number of carbonyl (C=O) groups is 1. The number of aliphatic hydroxyl groups excluding tert-OH is 1. The Labute approximate surface area is 114 Å². The van der Waals surface area contributed by atoms with Crippen LogP contribution >= 0.6 is 11.6 Å². The first-order chi connectivity index (χ1) is 8.70. The third kappa shape index (κ3) is 6.65. The number of hydrogen-bond donors (Lipinski definition) is 1. The first-order valence-electron chi connectivity index (χ1n) is 6.65. The molecule has 18 heavy (non-hydrogen) atoms. The topological polar surface area (TPSA) is 37.3 Å². The second-order valence-electron chi connectivity index (χ2n) is 4.60. The van der Waals surface area contributed by atoms with E-state index in [1.54, 1.807) is 0 Å². The van der Waals surface area contributed by atoms with Crippen LogP contribution < -0.4 is 0 Å². The van der Waals surface area contributed by atoms with Crippen molar-refractivity contribution in [3.63, 3.8) is 0 Å². The molecule has 1 rings (SSSR count). The molecule has 3 heteroatoms. The molecule has 1 N–H and O–H groups in total. The van der Waals surface area contributed by atoms with Gasteiger partial charge in [-0.1, -0.05) is 50.0 Å². The summed E-state index contributed by atoms with van der Waals surface area (Å²) in [6, 6.07) is 0. The van der Waals surface area contributed by atoms with Crippen LogP contribution in [-0.2, 0) is 4.79 Å². The van der Waals surface area contributed by atoms with Gasteiger partial charge in [-0.3, -0.25) is 4.79 Å². The van der Waals surface area contributed by atoms with E-state index in [9.17, 15) is 9.90 Å². The molecule has 2 nitrogen and oxygen atoms in total. The number of aliphatic hydroxyl groups is 1. The SMILES string of the molecule is O=C(Cl)CCCCCCCCC(O)=C1C=CC=C1. The number of hydrogen-bond acceptors (Lipinski definition) is 2. The second kappa shape index (κ2) is 8.98. The number of unbranched alkanes of at least 4 members (excludes halogenated alkanes) is 5. The third-order valence-electron chi connectivity index (χ3n) is 3.03. The predicted molar refractivity (Wildman–Crippen MR) is 75.7 cm³/mol. The van der Waals surface area contributed by atoms with Crippen LogP contribution in [0.3, 0.4) is 0 Å². The fourth-order valence-corrected chi connectivity index (χ4v) is 2.11. The molecule has 100 valence electrons. The Hall–Kier alpha value is -1.02. The van der Waals surface area contributed by atoms with Gasteiger partial charge in [-0.2, -0.15) is 0 Å². The first-order valence-corrected chi connectivity index (χ1v) is 7.03. The molecule has 1 aliphatic carbocycles. The van der Waals surface area contributed by atoms with Crippen LogP contribution in [-0.4, -0.2) is 10.3 Å². The van der Waals surface area contributed by atoms with Gasteiger partial charge in [-0.15, -0.1) is 0 Å². The quantitative estimate of drug-likeness (QED) is 0.370. The second-order valence-corrected chi connectivity index (χ2v) is 5.02. The van der Waals surface area contributed by atoms with Crippen LogP contribution in [0.5, 0.6) is 0 Å². The monoisotopic (exact) mass is 268 g/mol. The van der Waals surface area contributed by atoms with Crippen molar-refractivity contribution in [1.29, 1.82) is 0 Å². The minimum absolute atomic E-state index is 0.232. The molecule has 0 spiro atoms. The van der Waals surface area contributed by atoms with Gasteiger partial charge in [-0.25, -0.2) is 0 Å². The van der Waals surface area contributed by atoms with E-state index in [1.807, 2.05) is 24.3 Å². The maximum absolute atomic E-state index is 10.5. The molecule has 0 aromatic carbocycles. The Bertz CT molecular complexity index is 340. The maximum Gasteiger partial charge on any atom is 0.221 e. The molecule has 1 aliphatic rings. The van der Waals surface area contributed by atoms with Crippen molar-refractivity contribution in [2.45, 2.75) is 51.4 Å². The van der Waals surface area contributed by atoms with Gasteiger partial charge in [0.15, 0.2) is 0 Å². The Balaban J connectivity index is 1.96. The molecule has 0 saturated heterocycles. The van der Waals surface area contributed by atoms with Crippen LogP contribution in [0.4, 0.5) is 0 Å². The summed E-state index contributed by atoms with van der Waals surface area (Å²) in [6.07, 6.45) is 15.4. The highest BCUT2D eigenvalue weighted by Gasteiger charge is 2.02. The highest BCUT2D eigenvalue weighted by atomic mass is 35.5. The zero-order valence-electron chi connectivity index (χ0n) is 10.7. The van der Waals surface area contributed by atoms with Gasteiger partial charge in [0.25, 0.3) is 0 Å². The molecule has 0 unspecified atom stereocenters. The van der Waals surface area contributed by atoms with Gasteiger partial charge < -0.3 is 5.11 Å². The van der Waals surface area contributed by atoms with Crippen molar-refractivity contribution in [3.8, 4) is 0 Å². The molecule has 0 aliphatic heterocycles. The van der Waals surface area contributed by atoms with Gasteiger partial charge in [0, 0.05) is 18.4 Å². The summed E-state index contributed by atoms with van der Waals surface area (Å²) in [5.74, 6) is 0.493. The van der Waals surface area contributed by atoms with E-state index in [1.165, 1.54) is 0 Å². The first kappa shape index (κ1) is 15.0. The summed E-state index contributed by atoms with van der Waals surface area (Å²) >= 11 is 5.25. The summed E-state index contributed by atoms with van der Waals surface area (Å²) in [6.45, 7) is 0. The number of halogens is 1. The minimum atomic E-state index is -0.232. The molecule has 0 fully saturated rings. The molecule has 0 aromatic heterocycles. The van der Waals surface area contributed by atoms with E-state index < -0.39 is 0 Å². The lowest BCUT2D eigenvalue weighted by Crippen LogP contribution is -1.88. The Morgan fingerprint density at radius 1 is 0.944 bits per heavy atom. The molecule has 0 aromatic rings. The Kier molecular flexibility index (Phi) is 7.51. The summed E-state index contributed by atoms with van der Waals surface area (Å²) in [5.41, 5.74) is 0.940. The fourth-order valence-electron chi connectivity index (χ4n) is 1.97. The lowest BCUT2D eigenvalue weighted by atomic mass is 10.1. The highest BCUT2D eigenvalue weighted by Crippen LogP contribution is 2.17. The molecule has 0 saturated carbocycles. The van der Waals surface area contributed by atoms with Crippen molar-refractivity contribution < 1.29 is 9.90 Å². The van der Waals surface area contributed by atoms with Crippen LogP contribution in [0.15, 0.2) is 35.6 Å². The predicted octanol–water partition coefficient (Wildman–Crippen LogP) is 4.81. The average Bonchev–Trinajstić information content (AvgIpc) is 2.85. The summed E-state index contributed by atoms with van der Waals surface area (Å²) in [5, 5.41) is 9.54. The van der Waals surface area contributed by atoms with Crippen LogP contribution in [0, 0.1) is 0 Å². The number of carbonyl (C=O) groups excluding carboxylic acids is 1. The number of rotatable bonds is 9. The zero-order valence-corrected chi connectivity index (χ0v) is 11.5. The van der Waals surface area contributed by atoms with E-state index in [4.69, 9.17) is 11.6 Å². The minimum Gasteiger partial charge on any atom is -0.512 e. The average molecular weight is 269 g/mol. The zero-order chi connectivity index (χ0) is 13.2. The smallest absolute Gasteiger partial charge is 0.221 e. The van der Waals surface area contributed by atoms with Crippen molar-refractivity contribution in [2.24, 2.45) is 0 Å². The summed E-state index contributed by atoms with van der Waals surface area (Å²) < 4.78 is 0. The fraction of sp³-hybridized carbons (Fsp3) is 0.533. The summed E-state index contributed by atoms with van der Waals surface area (Å²) in [7, 11) is 0. The van der Waals surface area contributed by atoms with E-state index >= 15 is 0 Å². The molecular weight excluding hydrogens is 248 g/mol. The van der Waals surface area contributed by atoms with Crippen molar-refractivity contribution in [2.75, 3.05) is 0 Å². The van der Waals surface area contributed by atoms with Crippen LogP contribution in [0.1, 0.15) is 51.4 Å². The third-order valence-corrected chi connectivity index (χ3v) is 3.22. The summed E-state index contributed by atoms with van der Waals surface area (Å²) in [4.78, 5) is 10.5. The molecule has 0 bridgehead atoms. The maximum atomic E-state index is 10.5. The van der Waals surface area contributed by atoms with Gasteiger partial charge in [0.2, 0.25) is 5.24 Å². The van der Waals surface area contributed by atoms with Crippen molar-refractivity contribution >= 4 is 16.8 Å². The van der Waals surface area contributed by atoms with Gasteiger partial charge in [0.1, 0.15) is 0 Å². The largest absolute Gasteiger partial charge is 0.512 e. The normalized spacial score (nSPS) is 13.3. The molecule has 0 radical (unpaired) electrons. The van der Waals surface area contributed by atoms with Crippen LogP contribution in [0.2, 0.25) is 0 Å². The van der Waals surface area contributed by atoms with Crippen molar-refractivity contribution in [1.82, 2.24) is 0 Å². The van der Waals surface area contributed by atoms with E-state index in [0.29, 0.717) is 12.2 Å². The molecule has 0 heterocycles. The lowest BCUT2D eigenvalue weighted by molar-refractivity contribution is -0.111. The van der Waals surface area contributed by atoms with E-state index in [2.05, 4.69) is 0 Å². The molecule has 0 atom stereocenters. The Morgan fingerprint density at radius 2 is 1.44 bits per heavy atom. The number of allylic oxidation sites excluding steroid dienone is 6. The van der Waals surface area contributed by atoms with E-state index in [-0.39, 0.29) is 5.24 Å². The highest BCUT2D eigenvalue weighted by molar-refractivity contribution is 6.63. The standard InChI is InChI=1S/C15H21ClO2/c16-15(18)12-6-4-2-1-3-5-11-14(17)13-9-7-8-10-13/h7-10,17H,1-6,11-12H2. The molecule has 0 amide bonds. The van der Waals surface area contributed by atoms with Gasteiger partial charge >= 0.3 is 0 Å². The van der Waals surface area contributed by atoms with Gasteiger partial charge in [0.05, 0.1) is 5.76 Å². The van der Waals surface area contributed by atoms with E-state index in [0.717, 1.165) is 50.5 Å². The lowest BCUT2D eigenvalue weighted by Gasteiger charge is -2.03. The van der Waals surface area contributed by atoms with Crippen LogP contribution in [0.25, 0.3) is 0 Å². The van der Waals surface area contributed by atoms with Gasteiger partial charge in [-0.05, 0) is 24.4 Å². The molecular formula is C15H21ClO2. The van der Waals surface area contributed by atoms with Crippen molar-refractivity contribution in [3.05, 3.63) is 35.6 Å². The Morgan fingerprint density at radius 3 is 2.00 bits per heavy atom.